The first-order chi connectivity index (χ1) is 11.7. The molecule has 0 bridgehead atoms. The van der Waals surface area contributed by atoms with Crippen LogP contribution in [0.5, 0.6) is 5.75 Å². The van der Waals surface area contributed by atoms with E-state index in [2.05, 4.69) is 15.5 Å². The van der Waals surface area contributed by atoms with Crippen molar-refractivity contribution in [3.63, 3.8) is 0 Å². The monoisotopic (exact) mass is 343 g/mol. The molecule has 1 amide bonds. The highest BCUT2D eigenvalue weighted by molar-refractivity contribution is 7.10. The Labute approximate surface area is 143 Å². The number of hydrogen-bond acceptors (Lipinski definition) is 6. The highest BCUT2D eigenvalue weighted by Crippen LogP contribution is 2.28. The molecule has 2 aromatic heterocycles. The second kappa shape index (κ2) is 7.27. The van der Waals surface area contributed by atoms with Crippen LogP contribution in [0.4, 0.5) is 0 Å². The van der Waals surface area contributed by atoms with Crippen molar-refractivity contribution in [2.45, 2.75) is 19.4 Å². The molecule has 124 valence electrons. The van der Waals surface area contributed by atoms with Crippen LogP contribution in [0.15, 0.2) is 46.3 Å². The Morgan fingerprint density at radius 2 is 2.17 bits per heavy atom. The molecule has 1 atom stereocenters. The summed E-state index contributed by atoms with van der Waals surface area (Å²) >= 11 is 1.55. The number of carbonyl (C=O) groups is 1. The molecule has 0 aliphatic rings. The second-order valence-corrected chi connectivity index (χ2v) is 6.20. The van der Waals surface area contributed by atoms with Crippen molar-refractivity contribution in [1.82, 2.24) is 15.5 Å². The van der Waals surface area contributed by atoms with Crippen LogP contribution < -0.4 is 10.1 Å². The zero-order valence-corrected chi connectivity index (χ0v) is 14.2. The van der Waals surface area contributed by atoms with Crippen molar-refractivity contribution in [1.29, 1.82) is 0 Å². The number of nitrogens with zero attached hydrogens (tertiary/aromatic N) is 2. The van der Waals surface area contributed by atoms with Gasteiger partial charge in [0.1, 0.15) is 11.8 Å². The van der Waals surface area contributed by atoms with E-state index in [-0.39, 0.29) is 5.91 Å². The Hall–Kier alpha value is -2.67. The van der Waals surface area contributed by atoms with E-state index in [9.17, 15) is 4.79 Å². The van der Waals surface area contributed by atoms with Crippen LogP contribution >= 0.6 is 11.3 Å². The van der Waals surface area contributed by atoms with Crippen LogP contribution in [0.1, 0.15) is 28.2 Å². The topological polar surface area (TPSA) is 77.2 Å². The smallest absolute Gasteiger partial charge is 0.226 e. The van der Waals surface area contributed by atoms with E-state index < -0.39 is 6.04 Å². The molecule has 24 heavy (non-hydrogen) atoms. The van der Waals surface area contributed by atoms with Crippen LogP contribution in [-0.4, -0.2) is 23.2 Å². The van der Waals surface area contributed by atoms with E-state index in [1.165, 1.54) is 0 Å². The predicted molar refractivity (Wildman–Crippen MR) is 90.0 cm³/mol. The fraction of sp³-hybridized carbons (Fsp3) is 0.235. The fourth-order valence-electron chi connectivity index (χ4n) is 2.40. The van der Waals surface area contributed by atoms with Gasteiger partial charge in [-0.25, -0.2) is 0 Å². The van der Waals surface area contributed by atoms with E-state index in [0.29, 0.717) is 23.9 Å². The van der Waals surface area contributed by atoms with Gasteiger partial charge in [-0.05, 0) is 17.5 Å². The maximum Gasteiger partial charge on any atom is 0.226 e. The maximum atomic E-state index is 12.4. The number of amides is 1. The Kier molecular flexibility index (Phi) is 4.90. The lowest BCUT2D eigenvalue weighted by Crippen LogP contribution is -2.31. The fourth-order valence-corrected chi connectivity index (χ4v) is 3.11. The lowest BCUT2D eigenvalue weighted by molar-refractivity contribution is -0.120. The standard InChI is InChI=1S/C17H17N3O3S/c1-11-18-17(20-23-11)16(13-7-3-4-8-14(13)22-2)19-15(21)10-12-6-5-9-24-12/h3-9,16H,10H2,1-2H3,(H,19,21). The molecule has 0 aliphatic heterocycles. The largest absolute Gasteiger partial charge is 0.496 e. The molecule has 1 unspecified atom stereocenters. The highest BCUT2D eigenvalue weighted by Gasteiger charge is 2.25. The summed E-state index contributed by atoms with van der Waals surface area (Å²) in [6.45, 7) is 1.71. The van der Waals surface area contributed by atoms with Gasteiger partial charge < -0.3 is 14.6 Å². The molecule has 3 aromatic rings. The maximum absolute atomic E-state index is 12.4. The SMILES string of the molecule is COc1ccccc1C(NC(=O)Cc1cccs1)c1noc(C)n1. The lowest BCUT2D eigenvalue weighted by Gasteiger charge is -2.18. The van der Waals surface area contributed by atoms with Gasteiger partial charge in [0.15, 0.2) is 5.82 Å². The summed E-state index contributed by atoms with van der Waals surface area (Å²) in [4.78, 5) is 17.7. The Morgan fingerprint density at radius 3 is 2.83 bits per heavy atom. The molecular formula is C17H17N3O3S. The number of rotatable bonds is 6. The van der Waals surface area contributed by atoms with Crippen LogP contribution in [0.2, 0.25) is 0 Å². The Morgan fingerprint density at radius 1 is 1.33 bits per heavy atom. The number of benzene rings is 1. The minimum atomic E-state index is -0.536. The van der Waals surface area contributed by atoms with Gasteiger partial charge >= 0.3 is 0 Å². The number of ether oxygens (including phenoxy) is 1. The van der Waals surface area contributed by atoms with Crippen LogP contribution in [0.25, 0.3) is 0 Å². The number of nitrogens with one attached hydrogen (secondary N) is 1. The first kappa shape index (κ1) is 16.2. The summed E-state index contributed by atoms with van der Waals surface area (Å²) in [5.74, 6) is 1.38. The minimum Gasteiger partial charge on any atom is -0.496 e. The van der Waals surface area contributed by atoms with Crippen molar-refractivity contribution in [3.8, 4) is 5.75 Å². The lowest BCUT2D eigenvalue weighted by atomic mass is 10.0. The van der Waals surface area contributed by atoms with E-state index in [0.717, 1.165) is 10.4 Å². The molecule has 0 radical (unpaired) electrons. The third kappa shape index (κ3) is 3.62. The van der Waals surface area contributed by atoms with Crippen LogP contribution in [0, 0.1) is 6.92 Å². The zero-order valence-electron chi connectivity index (χ0n) is 13.4. The van der Waals surface area contributed by atoms with Crippen molar-refractivity contribution in [2.24, 2.45) is 0 Å². The number of aromatic nitrogens is 2. The molecule has 7 heteroatoms. The molecule has 1 aromatic carbocycles. The minimum absolute atomic E-state index is 0.115. The summed E-state index contributed by atoms with van der Waals surface area (Å²) < 4.78 is 10.5. The molecule has 0 saturated carbocycles. The molecule has 0 fully saturated rings. The van der Waals surface area contributed by atoms with Crippen molar-refractivity contribution in [3.05, 3.63) is 63.9 Å². The Bertz CT molecular complexity index is 814. The number of aryl methyl sites for hydroxylation is 1. The normalized spacial score (nSPS) is 11.9. The third-order valence-corrected chi connectivity index (χ3v) is 4.35. The summed E-state index contributed by atoms with van der Waals surface area (Å²) in [6, 6.07) is 10.8. The first-order valence-electron chi connectivity index (χ1n) is 7.42. The summed E-state index contributed by atoms with van der Waals surface area (Å²) in [5, 5.41) is 8.89. The van der Waals surface area contributed by atoms with Gasteiger partial charge in [-0.2, -0.15) is 4.98 Å². The molecule has 6 nitrogen and oxygen atoms in total. The van der Waals surface area contributed by atoms with E-state index >= 15 is 0 Å². The molecule has 0 aliphatic carbocycles. The molecule has 2 heterocycles. The first-order valence-corrected chi connectivity index (χ1v) is 8.30. The van der Waals surface area contributed by atoms with Gasteiger partial charge in [0, 0.05) is 17.4 Å². The van der Waals surface area contributed by atoms with E-state index in [1.54, 1.807) is 25.4 Å². The van der Waals surface area contributed by atoms with Gasteiger partial charge in [0.05, 0.1) is 13.5 Å². The van der Waals surface area contributed by atoms with Gasteiger partial charge in [0.25, 0.3) is 0 Å². The van der Waals surface area contributed by atoms with E-state index in [4.69, 9.17) is 9.26 Å². The number of thiophene rings is 1. The highest BCUT2D eigenvalue weighted by atomic mass is 32.1. The van der Waals surface area contributed by atoms with Crippen LogP contribution in [0.3, 0.4) is 0 Å². The number of carbonyl (C=O) groups excluding carboxylic acids is 1. The van der Waals surface area contributed by atoms with Gasteiger partial charge in [-0.3, -0.25) is 4.79 Å². The van der Waals surface area contributed by atoms with Crippen molar-refractivity contribution < 1.29 is 14.1 Å². The molecular weight excluding hydrogens is 326 g/mol. The molecule has 0 saturated heterocycles. The number of methoxy groups -OCH3 is 1. The van der Waals surface area contributed by atoms with Gasteiger partial charge in [0.2, 0.25) is 11.8 Å². The zero-order chi connectivity index (χ0) is 16.9. The average molecular weight is 343 g/mol. The summed E-state index contributed by atoms with van der Waals surface area (Å²) in [6.07, 6.45) is 0.306. The molecule has 1 N–H and O–H groups in total. The van der Waals surface area contributed by atoms with Crippen LogP contribution in [-0.2, 0) is 11.2 Å². The van der Waals surface area contributed by atoms with Gasteiger partial charge in [-0.1, -0.05) is 29.4 Å². The average Bonchev–Trinajstić information content (AvgIpc) is 3.24. The van der Waals surface area contributed by atoms with Crippen molar-refractivity contribution in [2.75, 3.05) is 7.11 Å². The van der Waals surface area contributed by atoms with Crippen molar-refractivity contribution >= 4 is 17.2 Å². The summed E-state index contributed by atoms with van der Waals surface area (Å²) in [5.41, 5.74) is 0.778. The molecule has 3 rings (SSSR count). The van der Waals surface area contributed by atoms with E-state index in [1.807, 2.05) is 41.8 Å². The number of para-hydroxylation sites is 1. The quantitative estimate of drug-likeness (QED) is 0.745. The summed E-state index contributed by atoms with van der Waals surface area (Å²) in [7, 11) is 1.59. The third-order valence-electron chi connectivity index (χ3n) is 3.47. The molecule has 0 spiro atoms. The second-order valence-electron chi connectivity index (χ2n) is 5.17. The Balaban J connectivity index is 1.89. The predicted octanol–water partition coefficient (Wildman–Crippen LogP) is 2.90. The number of hydrogen-bond donors (Lipinski definition) is 1. The van der Waals surface area contributed by atoms with Gasteiger partial charge in [-0.15, -0.1) is 11.3 Å².